The number of hydrogen-bond acceptors (Lipinski definition) is 6. The topological polar surface area (TPSA) is 110 Å². The summed E-state index contributed by atoms with van der Waals surface area (Å²) < 4.78 is 0.370. The van der Waals surface area contributed by atoms with Crippen LogP contribution in [0.15, 0.2) is 65.1 Å². The fourth-order valence-electron chi connectivity index (χ4n) is 2.97. The van der Waals surface area contributed by atoms with Crippen LogP contribution in [0.1, 0.15) is 29.3 Å². The molecule has 0 spiro atoms. The molecule has 9 heteroatoms. The maximum absolute atomic E-state index is 12.7. The van der Waals surface area contributed by atoms with Gasteiger partial charge < -0.3 is 15.5 Å². The van der Waals surface area contributed by atoms with E-state index >= 15 is 0 Å². The number of carbonyl (C=O) groups is 3. The lowest BCUT2D eigenvalue weighted by atomic mass is 10.1. The summed E-state index contributed by atoms with van der Waals surface area (Å²) in [6, 6.07) is 13.2. The van der Waals surface area contributed by atoms with Gasteiger partial charge in [-0.05, 0) is 42.3 Å². The number of aromatic carboxylic acids is 1. The van der Waals surface area contributed by atoms with E-state index in [2.05, 4.69) is 5.32 Å². The van der Waals surface area contributed by atoms with E-state index in [-0.39, 0.29) is 30.1 Å². The fourth-order valence-corrected chi connectivity index (χ4v) is 4.33. The number of carboxylic acid groups (broad SMARTS) is 1. The minimum absolute atomic E-state index is 0.0343. The monoisotopic (exact) mass is 467 g/mol. The standard InChI is InChI=1S/C23H20N2O5S2/c1-14(11-15-5-3-2-4-6-15)12-19-21(28)25(23(31)32-19)10-9-20(27)24-16-7-8-17(22(29)30)18(26)13-16/h2-8,11-13,26H,9-10H2,1H3,(H,24,27)(H,29,30)/p-1. The summed E-state index contributed by atoms with van der Waals surface area (Å²) in [6.45, 7) is 1.99. The van der Waals surface area contributed by atoms with E-state index in [4.69, 9.17) is 17.3 Å². The van der Waals surface area contributed by atoms with Gasteiger partial charge in [-0.2, -0.15) is 0 Å². The highest BCUT2D eigenvalue weighted by Gasteiger charge is 2.32. The molecule has 1 aliphatic rings. The van der Waals surface area contributed by atoms with Gasteiger partial charge >= 0.3 is 5.97 Å². The molecule has 164 valence electrons. The number of nitrogens with zero attached hydrogens (tertiary/aromatic N) is 1. The highest BCUT2D eigenvalue weighted by Crippen LogP contribution is 2.32. The van der Waals surface area contributed by atoms with Gasteiger partial charge in [0.15, 0.2) is 0 Å². The lowest BCUT2D eigenvalue weighted by Gasteiger charge is -2.15. The second-order valence-corrected chi connectivity index (χ2v) is 8.62. The van der Waals surface area contributed by atoms with Crippen molar-refractivity contribution in [3.8, 4) is 5.75 Å². The summed E-state index contributed by atoms with van der Waals surface area (Å²) in [5.74, 6) is -2.72. The number of amides is 2. The number of hydrogen-bond donors (Lipinski definition) is 2. The number of allylic oxidation sites excluding steroid dienone is 2. The Hall–Kier alpha value is -3.43. The number of carboxylic acids is 1. The Morgan fingerprint density at radius 1 is 1.22 bits per heavy atom. The second kappa shape index (κ2) is 10.3. The van der Waals surface area contributed by atoms with Crippen LogP contribution < -0.4 is 10.4 Å². The van der Waals surface area contributed by atoms with Gasteiger partial charge in [0.25, 0.3) is 5.91 Å². The molecule has 0 aromatic heterocycles. The zero-order valence-corrected chi connectivity index (χ0v) is 18.7. The molecule has 1 fully saturated rings. The van der Waals surface area contributed by atoms with E-state index in [0.29, 0.717) is 9.23 Å². The first-order chi connectivity index (χ1) is 15.2. The Labute approximate surface area is 194 Å². The highest BCUT2D eigenvalue weighted by molar-refractivity contribution is 8.26. The maximum atomic E-state index is 12.7. The fraction of sp³-hybridized carbons (Fsp3) is 0.130. The third kappa shape index (κ3) is 5.83. The highest BCUT2D eigenvalue weighted by atomic mass is 32.2. The molecule has 32 heavy (non-hydrogen) atoms. The normalized spacial score (nSPS) is 15.3. The van der Waals surface area contributed by atoms with Gasteiger partial charge in [-0.3, -0.25) is 14.5 Å². The van der Waals surface area contributed by atoms with Crippen LogP contribution in [0.25, 0.3) is 6.08 Å². The van der Waals surface area contributed by atoms with E-state index < -0.39 is 17.6 Å². The average molecular weight is 468 g/mol. The summed E-state index contributed by atoms with van der Waals surface area (Å²) in [7, 11) is 0. The molecule has 2 N–H and O–H groups in total. The Balaban J connectivity index is 1.59. The van der Waals surface area contributed by atoms with Crippen LogP contribution in [0.4, 0.5) is 5.69 Å². The predicted molar refractivity (Wildman–Crippen MR) is 126 cm³/mol. The van der Waals surface area contributed by atoms with Crippen LogP contribution in [-0.4, -0.2) is 38.7 Å². The van der Waals surface area contributed by atoms with Gasteiger partial charge in [0.2, 0.25) is 5.91 Å². The molecule has 2 aromatic rings. The van der Waals surface area contributed by atoms with Crippen molar-refractivity contribution in [1.82, 2.24) is 4.90 Å². The second-order valence-electron chi connectivity index (χ2n) is 6.95. The van der Waals surface area contributed by atoms with Crippen LogP contribution in [0, 0.1) is 0 Å². The van der Waals surface area contributed by atoms with E-state index in [9.17, 15) is 19.5 Å². The molecule has 1 aliphatic heterocycles. The van der Waals surface area contributed by atoms with Crippen LogP contribution in [0.5, 0.6) is 5.75 Å². The number of rotatable bonds is 7. The summed E-state index contributed by atoms with van der Waals surface area (Å²) in [4.78, 5) is 37.7. The summed E-state index contributed by atoms with van der Waals surface area (Å²) in [5, 5.41) is 23.2. The third-order valence-electron chi connectivity index (χ3n) is 4.48. The summed E-state index contributed by atoms with van der Waals surface area (Å²) in [6.07, 6.45) is 3.69. The van der Waals surface area contributed by atoms with Crippen LogP contribution in [0.3, 0.4) is 0 Å². The first-order valence-corrected chi connectivity index (χ1v) is 10.8. The van der Waals surface area contributed by atoms with E-state index in [1.165, 1.54) is 22.7 Å². The molecule has 1 saturated heterocycles. The molecular formula is C23H19N2O5S2-. The van der Waals surface area contributed by atoms with Gasteiger partial charge in [-0.15, -0.1) is 0 Å². The number of anilines is 1. The van der Waals surface area contributed by atoms with Gasteiger partial charge in [-0.1, -0.05) is 66.1 Å². The van der Waals surface area contributed by atoms with Crippen molar-refractivity contribution < 1.29 is 24.6 Å². The maximum Gasteiger partial charge on any atom is 0.335 e. The Morgan fingerprint density at radius 2 is 1.94 bits per heavy atom. The van der Waals surface area contributed by atoms with Crippen molar-refractivity contribution in [2.75, 3.05) is 11.9 Å². The lowest BCUT2D eigenvalue weighted by molar-refractivity contribution is -0.268. The van der Waals surface area contributed by atoms with E-state index in [1.54, 1.807) is 6.08 Å². The molecule has 0 saturated carbocycles. The first-order valence-electron chi connectivity index (χ1n) is 9.57. The summed E-state index contributed by atoms with van der Waals surface area (Å²) >= 11 is 6.48. The van der Waals surface area contributed by atoms with Crippen molar-refractivity contribution in [2.24, 2.45) is 0 Å². The Bertz CT molecular complexity index is 1140. The number of carbonyl (C=O) groups excluding carboxylic acids is 2. The molecule has 3 rings (SSSR count). The Morgan fingerprint density at radius 3 is 2.59 bits per heavy atom. The molecule has 2 aromatic carbocycles. The van der Waals surface area contributed by atoms with Crippen LogP contribution >= 0.6 is 24.0 Å². The zero-order valence-electron chi connectivity index (χ0n) is 17.0. The molecule has 0 atom stereocenters. The quantitative estimate of drug-likeness (QED) is 0.473. The molecule has 0 aliphatic carbocycles. The van der Waals surface area contributed by atoms with E-state index in [1.807, 2.05) is 43.3 Å². The van der Waals surface area contributed by atoms with Gasteiger partial charge in [-0.25, -0.2) is 4.79 Å². The molecule has 0 radical (unpaired) electrons. The van der Waals surface area contributed by atoms with Crippen molar-refractivity contribution in [1.29, 1.82) is 0 Å². The van der Waals surface area contributed by atoms with Crippen molar-refractivity contribution >= 4 is 57.8 Å². The Kier molecular flexibility index (Phi) is 7.45. The average Bonchev–Trinajstić information content (AvgIpc) is 2.99. The molecule has 0 bridgehead atoms. The number of nitrogens with one attached hydrogen (secondary N) is 1. The van der Waals surface area contributed by atoms with Crippen molar-refractivity contribution in [3.05, 3.63) is 76.2 Å². The van der Waals surface area contributed by atoms with Gasteiger partial charge in [0.1, 0.15) is 4.32 Å². The summed E-state index contributed by atoms with van der Waals surface area (Å²) in [5.41, 5.74) is 1.74. The zero-order chi connectivity index (χ0) is 23.3. The minimum Gasteiger partial charge on any atom is -0.872 e. The third-order valence-corrected chi connectivity index (χ3v) is 5.86. The lowest BCUT2D eigenvalue weighted by Crippen LogP contribution is -2.31. The molecule has 1 heterocycles. The number of thioether (sulfide) groups is 1. The van der Waals surface area contributed by atoms with Crippen molar-refractivity contribution in [2.45, 2.75) is 13.3 Å². The number of thiocarbonyl (C=S) groups is 1. The molecular weight excluding hydrogens is 448 g/mol. The predicted octanol–water partition coefficient (Wildman–Crippen LogP) is 3.63. The van der Waals surface area contributed by atoms with Gasteiger partial charge in [0.05, 0.1) is 10.5 Å². The van der Waals surface area contributed by atoms with Crippen LogP contribution in [-0.2, 0) is 9.59 Å². The van der Waals surface area contributed by atoms with Gasteiger partial charge in [0, 0.05) is 18.7 Å². The number of benzene rings is 2. The minimum atomic E-state index is -1.33. The van der Waals surface area contributed by atoms with Crippen molar-refractivity contribution in [3.63, 3.8) is 0 Å². The van der Waals surface area contributed by atoms with E-state index in [0.717, 1.165) is 23.3 Å². The first kappa shape index (κ1) is 23.2. The molecule has 2 amide bonds. The molecule has 0 unspecified atom stereocenters. The smallest absolute Gasteiger partial charge is 0.335 e. The van der Waals surface area contributed by atoms with Crippen LogP contribution in [0.2, 0.25) is 0 Å². The largest absolute Gasteiger partial charge is 0.872 e. The molecule has 7 nitrogen and oxygen atoms in total. The SMILES string of the molecule is CC(=Cc1ccccc1)C=C1SC(=S)N(CCC(=O)Nc2ccc(C(=O)O)c([O-])c2)C1=O.